The first kappa shape index (κ1) is 15.6. The van der Waals surface area contributed by atoms with E-state index < -0.39 is 10.0 Å². The van der Waals surface area contributed by atoms with E-state index >= 15 is 0 Å². The molecule has 1 aromatic heterocycles. The van der Waals surface area contributed by atoms with Crippen LogP contribution in [0.25, 0.3) is 0 Å². The van der Waals surface area contributed by atoms with E-state index in [0.29, 0.717) is 11.1 Å². The number of benzene rings is 1. The average Bonchev–Trinajstić information content (AvgIpc) is 2.48. The third kappa shape index (κ3) is 3.66. The summed E-state index contributed by atoms with van der Waals surface area (Å²) in [7, 11) is -3.65. The summed E-state index contributed by atoms with van der Waals surface area (Å²) >= 11 is 0. The standard InChI is InChI=1S/C15H18N2O3S/c1-11-3-4-13(10-18)9-15(11)21(19,20)17-12(2)14-5-7-16-8-6-14/h3-9,12,17-18H,10H2,1-2H3. The summed E-state index contributed by atoms with van der Waals surface area (Å²) in [5, 5.41) is 9.16. The Kier molecular flexibility index (Phi) is 4.72. The van der Waals surface area contributed by atoms with Crippen molar-refractivity contribution in [2.45, 2.75) is 31.4 Å². The molecule has 21 heavy (non-hydrogen) atoms. The SMILES string of the molecule is Cc1ccc(CO)cc1S(=O)(=O)NC(C)c1ccncc1. The molecule has 0 spiro atoms. The number of sulfonamides is 1. The molecule has 0 saturated heterocycles. The fraction of sp³-hybridized carbons (Fsp3) is 0.267. The van der Waals surface area contributed by atoms with Gasteiger partial charge < -0.3 is 5.11 Å². The van der Waals surface area contributed by atoms with Crippen molar-refractivity contribution in [2.24, 2.45) is 0 Å². The van der Waals surface area contributed by atoms with E-state index in [-0.39, 0.29) is 17.5 Å². The van der Waals surface area contributed by atoms with E-state index in [2.05, 4.69) is 9.71 Å². The number of hydrogen-bond acceptors (Lipinski definition) is 4. The quantitative estimate of drug-likeness (QED) is 0.884. The summed E-state index contributed by atoms with van der Waals surface area (Å²) in [5.74, 6) is 0. The van der Waals surface area contributed by atoms with Crippen LogP contribution in [0.4, 0.5) is 0 Å². The van der Waals surface area contributed by atoms with Crippen molar-refractivity contribution in [3.8, 4) is 0 Å². The Morgan fingerprint density at radius 2 is 1.90 bits per heavy atom. The van der Waals surface area contributed by atoms with Gasteiger partial charge in [-0.15, -0.1) is 0 Å². The average molecular weight is 306 g/mol. The molecule has 6 heteroatoms. The van der Waals surface area contributed by atoms with E-state index in [0.717, 1.165) is 5.56 Å². The molecule has 0 fully saturated rings. The minimum absolute atomic E-state index is 0.190. The van der Waals surface area contributed by atoms with Crippen LogP contribution in [0.5, 0.6) is 0 Å². The highest BCUT2D eigenvalue weighted by Gasteiger charge is 2.20. The van der Waals surface area contributed by atoms with E-state index in [4.69, 9.17) is 5.11 Å². The molecule has 112 valence electrons. The molecule has 2 aromatic rings. The zero-order valence-electron chi connectivity index (χ0n) is 11.9. The van der Waals surface area contributed by atoms with Crippen LogP contribution in [0.15, 0.2) is 47.6 Å². The summed E-state index contributed by atoms with van der Waals surface area (Å²) in [6.07, 6.45) is 3.25. The summed E-state index contributed by atoms with van der Waals surface area (Å²) in [6.45, 7) is 3.31. The van der Waals surface area contributed by atoms with Gasteiger partial charge in [-0.3, -0.25) is 4.98 Å². The van der Waals surface area contributed by atoms with Gasteiger partial charge in [0.25, 0.3) is 0 Å². The van der Waals surface area contributed by atoms with Crippen LogP contribution in [0.3, 0.4) is 0 Å². The number of nitrogens with one attached hydrogen (secondary N) is 1. The highest BCUT2D eigenvalue weighted by molar-refractivity contribution is 7.89. The lowest BCUT2D eigenvalue weighted by molar-refractivity contribution is 0.281. The Balaban J connectivity index is 2.30. The van der Waals surface area contributed by atoms with Crippen molar-refractivity contribution >= 4 is 10.0 Å². The Hall–Kier alpha value is -1.76. The molecule has 5 nitrogen and oxygen atoms in total. The van der Waals surface area contributed by atoms with Gasteiger partial charge in [-0.1, -0.05) is 12.1 Å². The van der Waals surface area contributed by atoms with Crippen molar-refractivity contribution < 1.29 is 13.5 Å². The lowest BCUT2D eigenvalue weighted by Gasteiger charge is -2.16. The molecule has 2 rings (SSSR count). The summed E-state index contributed by atoms with van der Waals surface area (Å²) in [5.41, 5.74) is 2.05. The Labute approximate surface area is 124 Å². The number of aromatic nitrogens is 1. The van der Waals surface area contributed by atoms with Crippen LogP contribution >= 0.6 is 0 Å². The third-order valence-electron chi connectivity index (χ3n) is 3.26. The van der Waals surface area contributed by atoms with E-state index in [1.807, 2.05) is 0 Å². The van der Waals surface area contributed by atoms with Gasteiger partial charge in [0.2, 0.25) is 10.0 Å². The largest absolute Gasteiger partial charge is 0.392 e. The molecule has 0 amide bonds. The van der Waals surface area contributed by atoms with Gasteiger partial charge in [-0.25, -0.2) is 13.1 Å². The summed E-state index contributed by atoms with van der Waals surface area (Å²) in [6, 6.07) is 8.07. The Morgan fingerprint density at radius 1 is 1.24 bits per heavy atom. The smallest absolute Gasteiger partial charge is 0.241 e. The Morgan fingerprint density at radius 3 is 2.52 bits per heavy atom. The van der Waals surface area contributed by atoms with Crippen LogP contribution in [0.1, 0.15) is 29.7 Å². The van der Waals surface area contributed by atoms with Gasteiger partial charge in [0.05, 0.1) is 11.5 Å². The van der Waals surface area contributed by atoms with Crippen LogP contribution in [-0.4, -0.2) is 18.5 Å². The maximum absolute atomic E-state index is 12.5. The first-order valence-electron chi connectivity index (χ1n) is 6.56. The highest BCUT2D eigenvalue weighted by atomic mass is 32.2. The van der Waals surface area contributed by atoms with E-state index in [9.17, 15) is 8.42 Å². The molecule has 1 heterocycles. The molecule has 0 aliphatic carbocycles. The minimum Gasteiger partial charge on any atom is -0.392 e. The monoisotopic (exact) mass is 306 g/mol. The summed E-state index contributed by atoms with van der Waals surface area (Å²) in [4.78, 5) is 4.10. The summed E-state index contributed by atoms with van der Waals surface area (Å²) < 4.78 is 27.6. The van der Waals surface area contributed by atoms with Crippen molar-refractivity contribution in [3.63, 3.8) is 0 Å². The zero-order chi connectivity index (χ0) is 15.5. The van der Waals surface area contributed by atoms with Crippen molar-refractivity contribution in [1.29, 1.82) is 0 Å². The second kappa shape index (κ2) is 6.34. The number of pyridine rings is 1. The van der Waals surface area contributed by atoms with Crippen LogP contribution < -0.4 is 4.72 Å². The molecule has 0 aliphatic heterocycles. The molecule has 1 unspecified atom stereocenters. The van der Waals surface area contributed by atoms with Gasteiger partial charge in [-0.2, -0.15) is 0 Å². The predicted octanol–water partition coefficient (Wildman–Crippen LogP) is 1.92. The topological polar surface area (TPSA) is 79.3 Å². The lowest BCUT2D eigenvalue weighted by atomic mass is 10.1. The number of hydrogen-bond donors (Lipinski definition) is 2. The first-order chi connectivity index (χ1) is 9.94. The van der Waals surface area contributed by atoms with Gasteiger partial charge in [0, 0.05) is 18.4 Å². The van der Waals surface area contributed by atoms with Gasteiger partial charge in [-0.05, 0) is 48.7 Å². The molecule has 0 saturated carbocycles. The maximum Gasteiger partial charge on any atom is 0.241 e. The number of rotatable bonds is 5. The minimum atomic E-state index is -3.65. The lowest BCUT2D eigenvalue weighted by Crippen LogP contribution is -2.27. The van der Waals surface area contributed by atoms with Crippen molar-refractivity contribution in [3.05, 3.63) is 59.4 Å². The molecule has 0 bridgehead atoms. The predicted molar refractivity (Wildman–Crippen MR) is 80.1 cm³/mol. The fourth-order valence-corrected chi connectivity index (χ4v) is 3.58. The van der Waals surface area contributed by atoms with E-state index in [1.165, 1.54) is 6.07 Å². The van der Waals surface area contributed by atoms with Crippen LogP contribution in [0.2, 0.25) is 0 Å². The molecule has 1 aromatic carbocycles. The number of aryl methyl sites for hydroxylation is 1. The van der Waals surface area contributed by atoms with Gasteiger partial charge >= 0.3 is 0 Å². The third-order valence-corrected chi connectivity index (χ3v) is 4.95. The second-order valence-corrected chi connectivity index (χ2v) is 6.56. The molecular weight excluding hydrogens is 288 g/mol. The number of aliphatic hydroxyl groups is 1. The van der Waals surface area contributed by atoms with Crippen LogP contribution in [0, 0.1) is 6.92 Å². The molecule has 1 atom stereocenters. The van der Waals surface area contributed by atoms with Crippen LogP contribution in [-0.2, 0) is 16.6 Å². The molecule has 2 N–H and O–H groups in total. The Bertz CT molecular complexity index is 715. The zero-order valence-corrected chi connectivity index (χ0v) is 12.8. The fourth-order valence-electron chi connectivity index (χ4n) is 2.05. The van der Waals surface area contributed by atoms with Gasteiger partial charge in [0.1, 0.15) is 0 Å². The number of nitrogens with zero attached hydrogens (tertiary/aromatic N) is 1. The normalized spacial score (nSPS) is 13.1. The highest BCUT2D eigenvalue weighted by Crippen LogP contribution is 2.20. The first-order valence-corrected chi connectivity index (χ1v) is 8.05. The van der Waals surface area contributed by atoms with Crippen molar-refractivity contribution in [2.75, 3.05) is 0 Å². The van der Waals surface area contributed by atoms with Gasteiger partial charge in [0.15, 0.2) is 0 Å². The molecule has 0 aliphatic rings. The van der Waals surface area contributed by atoms with E-state index in [1.54, 1.807) is 50.5 Å². The maximum atomic E-state index is 12.5. The number of aliphatic hydroxyl groups excluding tert-OH is 1. The molecule has 0 radical (unpaired) electrons. The van der Waals surface area contributed by atoms with Crippen molar-refractivity contribution in [1.82, 2.24) is 9.71 Å². The molecular formula is C15H18N2O3S. The second-order valence-electron chi connectivity index (χ2n) is 4.88.